The lowest BCUT2D eigenvalue weighted by molar-refractivity contribution is 0.441. The number of hydrogen-bond acceptors (Lipinski definition) is 3. The predicted octanol–water partition coefficient (Wildman–Crippen LogP) is 3.61. The molecule has 0 saturated carbocycles. The third-order valence-corrected chi connectivity index (χ3v) is 6.26. The molecule has 1 N–H and O–H groups in total. The highest BCUT2D eigenvalue weighted by Gasteiger charge is 2.22. The van der Waals surface area contributed by atoms with E-state index >= 15 is 0 Å². The second kappa shape index (κ2) is 6.36. The van der Waals surface area contributed by atoms with Crippen molar-refractivity contribution in [3.63, 3.8) is 0 Å². The lowest BCUT2D eigenvalue weighted by Crippen LogP contribution is -2.29. The number of fused-ring (bicyclic) bond motifs is 1. The lowest BCUT2D eigenvalue weighted by atomic mass is 10.00. The van der Waals surface area contributed by atoms with Gasteiger partial charge in [-0.3, -0.25) is 0 Å². The van der Waals surface area contributed by atoms with Crippen molar-refractivity contribution in [2.45, 2.75) is 23.7 Å². The van der Waals surface area contributed by atoms with E-state index < -0.39 is 0 Å². The zero-order valence-electron chi connectivity index (χ0n) is 10.7. The summed E-state index contributed by atoms with van der Waals surface area (Å²) in [5.41, 5.74) is 1.56. The third-order valence-electron chi connectivity index (χ3n) is 3.96. The average molecular weight is 279 g/mol. The van der Waals surface area contributed by atoms with Crippen LogP contribution in [0.25, 0.3) is 0 Å². The highest BCUT2D eigenvalue weighted by Crippen LogP contribution is 2.38. The fourth-order valence-electron chi connectivity index (χ4n) is 2.81. The molecular weight excluding hydrogens is 258 g/mol. The molecule has 1 saturated heterocycles. The van der Waals surface area contributed by atoms with Gasteiger partial charge in [0.15, 0.2) is 0 Å². The Kier molecular flexibility index (Phi) is 4.55. The molecule has 0 aromatic heterocycles. The third kappa shape index (κ3) is 3.06. The molecule has 2 aliphatic heterocycles. The topological polar surface area (TPSA) is 12.0 Å². The van der Waals surface area contributed by atoms with Crippen molar-refractivity contribution in [2.75, 3.05) is 30.3 Å². The van der Waals surface area contributed by atoms with Gasteiger partial charge in [-0.15, -0.1) is 11.8 Å². The van der Waals surface area contributed by atoms with Crippen LogP contribution in [0.5, 0.6) is 0 Å². The first-order valence-electron chi connectivity index (χ1n) is 6.93. The standard InChI is InChI=1S/C15H21NS2/c1-2-4-15-14(3-1)13(11-18-15)10-16-9-12-5-7-17-8-6-12/h1-4,12-13,16H,5-11H2. The van der Waals surface area contributed by atoms with Gasteiger partial charge in [-0.1, -0.05) is 18.2 Å². The molecule has 1 aromatic carbocycles. The van der Waals surface area contributed by atoms with Gasteiger partial charge in [-0.05, 0) is 48.4 Å². The predicted molar refractivity (Wildman–Crippen MR) is 82.8 cm³/mol. The van der Waals surface area contributed by atoms with Crippen molar-refractivity contribution in [3.8, 4) is 0 Å². The molecular formula is C15H21NS2. The average Bonchev–Trinajstić information content (AvgIpc) is 2.84. The van der Waals surface area contributed by atoms with Gasteiger partial charge in [-0.25, -0.2) is 0 Å². The number of hydrogen-bond donors (Lipinski definition) is 1. The van der Waals surface area contributed by atoms with Gasteiger partial charge < -0.3 is 5.32 Å². The SMILES string of the molecule is c1ccc2c(c1)SCC2CNCC1CCSCC1. The minimum Gasteiger partial charge on any atom is -0.316 e. The summed E-state index contributed by atoms with van der Waals surface area (Å²) in [6.45, 7) is 2.39. The largest absolute Gasteiger partial charge is 0.316 e. The van der Waals surface area contributed by atoms with E-state index in [2.05, 4.69) is 41.3 Å². The van der Waals surface area contributed by atoms with Crippen LogP contribution in [0.1, 0.15) is 24.3 Å². The Hall–Kier alpha value is -0.120. The summed E-state index contributed by atoms with van der Waals surface area (Å²) >= 11 is 4.14. The first-order chi connectivity index (χ1) is 8.93. The molecule has 1 nitrogen and oxygen atoms in total. The number of benzene rings is 1. The van der Waals surface area contributed by atoms with Crippen LogP contribution in [0.15, 0.2) is 29.2 Å². The van der Waals surface area contributed by atoms with Crippen molar-refractivity contribution in [3.05, 3.63) is 29.8 Å². The fraction of sp³-hybridized carbons (Fsp3) is 0.600. The van der Waals surface area contributed by atoms with Gasteiger partial charge in [0, 0.05) is 23.1 Å². The van der Waals surface area contributed by atoms with Crippen LogP contribution in [0.3, 0.4) is 0 Å². The normalized spacial score (nSPS) is 24.1. The van der Waals surface area contributed by atoms with Crippen LogP contribution < -0.4 is 5.32 Å². The highest BCUT2D eigenvalue weighted by molar-refractivity contribution is 7.99. The Bertz CT molecular complexity index is 388. The smallest absolute Gasteiger partial charge is 0.0108 e. The Morgan fingerprint density at radius 1 is 1.11 bits per heavy atom. The molecule has 3 heteroatoms. The molecule has 0 spiro atoms. The van der Waals surface area contributed by atoms with Gasteiger partial charge in [-0.2, -0.15) is 11.8 Å². The molecule has 1 unspecified atom stereocenters. The summed E-state index contributed by atoms with van der Waals surface area (Å²) in [4.78, 5) is 1.50. The number of thioether (sulfide) groups is 2. The molecule has 0 aliphatic carbocycles. The Morgan fingerprint density at radius 3 is 2.83 bits per heavy atom. The van der Waals surface area contributed by atoms with E-state index in [0.717, 1.165) is 18.4 Å². The molecule has 0 amide bonds. The van der Waals surface area contributed by atoms with Gasteiger partial charge in [0.2, 0.25) is 0 Å². The molecule has 0 bridgehead atoms. The van der Waals surface area contributed by atoms with Crippen molar-refractivity contribution in [2.24, 2.45) is 5.92 Å². The zero-order chi connectivity index (χ0) is 12.2. The van der Waals surface area contributed by atoms with E-state index in [4.69, 9.17) is 0 Å². The summed E-state index contributed by atoms with van der Waals surface area (Å²) in [5, 5.41) is 3.72. The molecule has 1 fully saturated rings. The summed E-state index contributed by atoms with van der Waals surface area (Å²) in [6.07, 6.45) is 2.82. The van der Waals surface area contributed by atoms with E-state index in [-0.39, 0.29) is 0 Å². The Labute approximate surface area is 119 Å². The maximum Gasteiger partial charge on any atom is 0.0108 e. The van der Waals surface area contributed by atoms with Crippen molar-refractivity contribution in [1.82, 2.24) is 5.32 Å². The summed E-state index contributed by atoms with van der Waals surface area (Å²) in [6, 6.07) is 8.90. The monoisotopic (exact) mass is 279 g/mol. The van der Waals surface area contributed by atoms with Crippen LogP contribution >= 0.6 is 23.5 Å². The maximum absolute atomic E-state index is 3.72. The van der Waals surface area contributed by atoms with Gasteiger partial charge >= 0.3 is 0 Å². The van der Waals surface area contributed by atoms with Crippen LogP contribution in [-0.4, -0.2) is 30.3 Å². The quantitative estimate of drug-likeness (QED) is 0.904. The Balaban J connectivity index is 1.47. The van der Waals surface area contributed by atoms with Crippen molar-refractivity contribution >= 4 is 23.5 Å². The maximum atomic E-state index is 3.72. The van der Waals surface area contributed by atoms with Crippen molar-refractivity contribution in [1.29, 1.82) is 0 Å². The van der Waals surface area contributed by atoms with E-state index in [9.17, 15) is 0 Å². The van der Waals surface area contributed by atoms with E-state index in [1.807, 2.05) is 11.8 Å². The molecule has 1 atom stereocenters. The number of nitrogens with one attached hydrogen (secondary N) is 1. The highest BCUT2D eigenvalue weighted by atomic mass is 32.2. The molecule has 1 aromatic rings. The van der Waals surface area contributed by atoms with Crippen LogP contribution in [-0.2, 0) is 0 Å². The fourth-order valence-corrected chi connectivity index (χ4v) is 5.27. The number of rotatable bonds is 4. The molecule has 3 rings (SSSR count). The van der Waals surface area contributed by atoms with Crippen molar-refractivity contribution < 1.29 is 0 Å². The second-order valence-electron chi connectivity index (χ2n) is 5.26. The van der Waals surface area contributed by atoms with Crippen LogP contribution in [0.4, 0.5) is 0 Å². The zero-order valence-corrected chi connectivity index (χ0v) is 12.4. The van der Waals surface area contributed by atoms with Crippen LogP contribution in [0, 0.1) is 5.92 Å². The minimum atomic E-state index is 0.726. The summed E-state index contributed by atoms with van der Waals surface area (Å²) in [7, 11) is 0. The molecule has 18 heavy (non-hydrogen) atoms. The summed E-state index contributed by atoms with van der Waals surface area (Å²) in [5.74, 6) is 5.65. The first kappa shape index (κ1) is 12.9. The van der Waals surface area contributed by atoms with Gasteiger partial charge in [0.1, 0.15) is 0 Å². The van der Waals surface area contributed by atoms with Crippen LogP contribution in [0.2, 0.25) is 0 Å². The first-order valence-corrected chi connectivity index (χ1v) is 9.07. The van der Waals surface area contributed by atoms with E-state index in [0.29, 0.717) is 0 Å². The molecule has 0 radical (unpaired) electrons. The lowest BCUT2D eigenvalue weighted by Gasteiger charge is -2.22. The summed E-state index contributed by atoms with van der Waals surface area (Å²) < 4.78 is 0. The Morgan fingerprint density at radius 2 is 1.94 bits per heavy atom. The second-order valence-corrected chi connectivity index (χ2v) is 7.55. The van der Waals surface area contributed by atoms with E-state index in [1.54, 1.807) is 5.56 Å². The minimum absolute atomic E-state index is 0.726. The molecule has 98 valence electrons. The van der Waals surface area contributed by atoms with Gasteiger partial charge in [0.25, 0.3) is 0 Å². The molecule has 2 heterocycles. The van der Waals surface area contributed by atoms with Gasteiger partial charge in [0.05, 0.1) is 0 Å². The molecule has 2 aliphatic rings. The van der Waals surface area contributed by atoms with E-state index in [1.165, 1.54) is 41.5 Å².